The van der Waals surface area contributed by atoms with Gasteiger partial charge in [0.05, 0.1) is 11.1 Å². The Labute approximate surface area is 104 Å². The van der Waals surface area contributed by atoms with Gasteiger partial charge in [0.15, 0.2) is 0 Å². The van der Waals surface area contributed by atoms with E-state index in [-0.39, 0.29) is 12.0 Å². The molecule has 4 heteroatoms. The molecule has 0 amide bonds. The van der Waals surface area contributed by atoms with Crippen LogP contribution < -0.4 is 5.73 Å². The van der Waals surface area contributed by atoms with Gasteiger partial charge in [0.1, 0.15) is 0 Å². The smallest absolute Gasteiger partial charge is 0.0548 e. The van der Waals surface area contributed by atoms with Crippen LogP contribution in [0.2, 0.25) is 5.02 Å². The van der Waals surface area contributed by atoms with E-state index in [0.29, 0.717) is 18.0 Å². The zero-order chi connectivity index (χ0) is 11.4. The molecule has 2 atom stereocenters. The van der Waals surface area contributed by atoms with Crippen LogP contribution in [-0.4, -0.2) is 17.8 Å². The van der Waals surface area contributed by atoms with E-state index in [4.69, 9.17) is 17.3 Å². The Morgan fingerprint density at radius 2 is 2.20 bits per heavy atom. The molecule has 0 spiro atoms. The molecular weight excluding hydrogens is 277 g/mol. The van der Waals surface area contributed by atoms with Crippen LogP contribution in [0.15, 0.2) is 22.7 Å². The van der Waals surface area contributed by atoms with Gasteiger partial charge in [0.2, 0.25) is 0 Å². The number of nitrogens with two attached hydrogens (primary N) is 1. The number of rotatable bonds is 4. The summed E-state index contributed by atoms with van der Waals surface area (Å²) in [5.74, 6) is 0.179. The molecule has 0 heterocycles. The third-order valence-electron chi connectivity index (χ3n) is 2.33. The first-order valence-corrected chi connectivity index (χ1v) is 6.04. The fourth-order valence-corrected chi connectivity index (χ4v) is 2.06. The highest BCUT2D eigenvalue weighted by atomic mass is 79.9. The first-order valence-electron chi connectivity index (χ1n) is 4.87. The minimum Gasteiger partial charge on any atom is -0.393 e. The zero-order valence-electron chi connectivity index (χ0n) is 8.58. The van der Waals surface area contributed by atoms with Crippen molar-refractivity contribution >= 4 is 27.5 Å². The van der Waals surface area contributed by atoms with Gasteiger partial charge < -0.3 is 10.8 Å². The van der Waals surface area contributed by atoms with Crippen LogP contribution in [0, 0.1) is 0 Å². The van der Waals surface area contributed by atoms with Gasteiger partial charge in [-0.15, -0.1) is 0 Å². The van der Waals surface area contributed by atoms with Crippen LogP contribution in [0.1, 0.15) is 24.8 Å². The van der Waals surface area contributed by atoms with Crippen LogP contribution in [0.25, 0.3) is 0 Å². The number of aliphatic hydroxyl groups is 1. The van der Waals surface area contributed by atoms with Crippen molar-refractivity contribution in [3.8, 4) is 0 Å². The fourth-order valence-electron chi connectivity index (χ4n) is 1.55. The van der Waals surface area contributed by atoms with E-state index in [0.717, 1.165) is 10.0 Å². The van der Waals surface area contributed by atoms with Crippen LogP contribution in [-0.2, 0) is 0 Å². The van der Waals surface area contributed by atoms with E-state index in [9.17, 15) is 5.11 Å². The number of hydrogen-bond acceptors (Lipinski definition) is 2. The van der Waals surface area contributed by atoms with Crippen molar-refractivity contribution < 1.29 is 5.11 Å². The van der Waals surface area contributed by atoms with Crippen molar-refractivity contribution in [1.29, 1.82) is 0 Å². The van der Waals surface area contributed by atoms with Crippen molar-refractivity contribution in [3.05, 3.63) is 33.3 Å². The maximum atomic E-state index is 9.35. The summed E-state index contributed by atoms with van der Waals surface area (Å²) in [4.78, 5) is 0. The molecular formula is C11H15BrClNO. The van der Waals surface area contributed by atoms with E-state index in [1.54, 1.807) is 6.92 Å². The average molecular weight is 293 g/mol. The number of benzene rings is 1. The Kier molecular flexibility index (Phi) is 5.06. The summed E-state index contributed by atoms with van der Waals surface area (Å²) in [6, 6.07) is 5.75. The van der Waals surface area contributed by atoms with E-state index < -0.39 is 0 Å². The maximum absolute atomic E-state index is 9.35. The monoisotopic (exact) mass is 291 g/mol. The lowest BCUT2D eigenvalue weighted by Gasteiger charge is -2.17. The van der Waals surface area contributed by atoms with Gasteiger partial charge in [-0.2, -0.15) is 0 Å². The molecule has 0 fully saturated rings. The molecule has 1 aromatic carbocycles. The number of hydrogen-bond donors (Lipinski definition) is 2. The highest BCUT2D eigenvalue weighted by molar-refractivity contribution is 9.10. The predicted octanol–water partition coefficient (Wildman–Crippen LogP) is 2.92. The summed E-state index contributed by atoms with van der Waals surface area (Å²) >= 11 is 9.28. The van der Waals surface area contributed by atoms with Crippen molar-refractivity contribution in [2.45, 2.75) is 25.4 Å². The standard InChI is InChI=1S/C11H15BrClNO/c1-7(15)4-9(6-14)8-2-3-11(13)10(12)5-8/h2-3,5,7,9,15H,4,6,14H2,1H3. The van der Waals surface area contributed by atoms with Gasteiger partial charge in [0, 0.05) is 4.47 Å². The lowest BCUT2D eigenvalue weighted by molar-refractivity contribution is 0.175. The first-order chi connectivity index (χ1) is 7.04. The highest BCUT2D eigenvalue weighted by Crippen LogP contribution is 2.28. The molecule has 0 aromatic heterocycles. The second-order valence-corrected chi connectivity index (χ2v) is 4.95. The Morgan fingerprint density at radius 1 is 1.53 bits per heavy atom. The molecule has 0 aliphatic heterocycles. The molecule has 0 aliphatic carbocycles. The Bertz CT molecular complexity index is 330. The van der Waals surface area contributed by atoms with E-state index in [2.05, 4.69) is 15.9 Å². The predicted molar refractivity (Wildman–Crippen MR) is 67.2 cm³/mol. The van der Waals surface area contributed by atoms with Gasteiger partial charge in [-0.25, -0.2) is 0 Å². The molecule has 84 valence electrons. The molecule has 2 unspecified atom stereocenters. The van der Waals surface area contributed by atoms with Crippen molar-refractivity contribution in [3.63, 3.8) is 0 Å². The molecule has 15 heavy (non-hydrogen) atoms. The molecule has 2 nitrogen and oxygen atoms in total. The fraction of sp³-hybridized carbons (Fsp3) is 0.455. The van der Waals surface area contributed by atoms with Crippen LogP contribution in [0.3, 0.4) is 0 Å². The van der Waals surface area contributed by atoms with Gasteiger partial charge in [-0.1, -0.05) is 17.7 Å². The van der Waals surface area contributed by atoms with Crippen LogP contribution >= 0.6 is 27.5 Å². The minimum atomic E-state index is -0.340. The Balaban J connectivity index is 2.87. The molecule has 0 radical (unpaired) electrons. The van der Waals surface area contributed by atoms with Crippen LogP contribution in [0.5, 0.6) is 0 Å². The third-order valence-corrected chi connectivity index (χ3v) is 3.54. The Hall–Kier alpha value is -0.0900. The molecule has 0 bridgehead atoms. The molecule has 0 saturated carbocycles. The van der Waals surface area contributed by atoms with E-state index >= 15 is 0 Å². The van der Waals surface area contributed by atoms with Crippen LogP contribution in [0.4, 0.5) is 0 Å². The summed E-state index contributed by atoms with van der Waals surface area (Å²) in [7, 11) is 0. The van der Waals surface area contributed by atoms with E-state index in [1.165, 1.54) is 0 Å². The SMILES string of the molecule is CC(O)CC(CN)c1ccc(Cl)c(Br)c1. The number of aliphatic hydroxyl groups excluding tert-OH is 1. The molecule has 1 aromatic rings. The zero-order valence-corrected chi connectivity index (χ0v) is 10.9. The first kappa shape index (κ1) is 13.0. The topological polar surface area (TPSA) is 46.2 Å². The van der Waals surface area contributed by atoms with Crippen molar-refractivity contribution in [2.24, 2.45) is 5.73 Å². The van der Waals surface area contributed by atoms with Gasteiger partial charge in [-0.3, -0.25) is 0 Å². The maximum Gasteiger partial charge on any atom is 0.0548 e. The molecule has 0 saturated heterocycles. The summed E-state index contributed by atoms with van der Waals surface area (Å²) < 4.78 is 0.866. The molecule has 3 N–H and O–H groups in total. The lowest BCUT2D eigenvalue weighted by Crippen LogP contribution is -2.17. The molecule has 1 rings (SSSR count). The van der Waals surface area contributed by atoms with E-state index in [1.807, 2.05) is 18.2 Å². The quantitative estimate of drug-likeness (QED) is 0.896. The summed E-state index contributed by atoms with van der Waals surface area (Å²) in [6.45, 7) is 2.30. The second kappa shape index (κ2) is 5.85. The average Bonchev–Trinajstić information content (AvgIpc) is 2.18. The highest BCUT2D eigenvalue weighted by Gasteiger charge is 2.13. The van der Waals surface area contributed by atoms with Gasteiger partial charge in [0.25, 0.3) is 0 Å². The summed E-state index contributed by atoms with van der Waals surface area (Å²) in [5.41, 5.74) is 6.79. The van der Waals surface area contributed by atoms with Gasteiger partial charge >= 0.3 is 0 Å². The minimum absolute atomic E-state index is 0.179. The summed E-state index contributed by atoms with van der Waals surface area (Å²) in [6.07, 6.45) is 0.331. The second-order valence-electron chi connectivity index (χ2n) is 3.69. The van der Waals surface area contributed by atoms with Gasteiger partial charge in [-0.05, 0) is 59.4 Å². The summed E-state index contributed by atoms with van der Waals surface area (Å²) in [5, 5.41) is 10.0. The Morgan fingerprint density at radius 3 is 2.67 bits per heavy atom. The normalized spacial score (nSPS) is 15.0. The number of halogens is 2. The van der Waals surface area contributed by atoms with Crippen molar-refractivity contribution in [1.82, 2.24) is 0 Å². The molecule has 0 aliphatic rings. The lowest BCUT2D eigenvalue weighted by atomic mass is 9.94. The largest absolute Gasteiger partial charge is 0.393 e. The third kappa shape index (κ3) is 3.76. The van der Waals surface area contributed by atoms with Crippen molar-refractivity contribution in [2.75, 3.05) is 6.54 Å².